The molecule has 1 amide bonds. The summed E-state index contributed by atoms with van der Waals surface area (Å²) in [7, 11) is 0. The summed E-state index contributed by atoms with van der Waals surface area (Å²) in [5.41, 5.74) is 4.88. The van der Waals surface area contributed by atoms with Gasteiger partial charge < -0.3 is 10.7 Å². The minimum absolute atomic E-state index is 0.0549. The number of hydrazine groups is 1. The van der Waals surface area contributed by atoms with E-state index in [2.05, 4.69) is 17.7 Å². The second-order valence-corrected chi connectivity index (χ2v) is 4.88. The summed E-state index contributed by atoms with van der Waals surface area (Å²) in [6, 6.07) is 5.60. The molecule has 4 nitrogen and oxygen atoms in total. The first-order valence-corrected chi connectivity index (χ1v) is 5.97. The van der Waals surface area contributed by atoms with Gasteiger partial charge in [-0.1, -0.05) is 18.6 Å². The van der Waals surface area contributed by atoms with Gasteiger partial charge in [-0.25, -0.2) is 0 Å². The van der Waals surface area contributed by atoms with E-state index in [1.807, 2.05) is 25.1 Å². The molecule has 0 saturated heterocycles. The summed E-state index contributed by atoms with van der Waals surface area (Å²) >= 11 is 0. The van der Waals surface area contributed by atoms with Crippen molar-refractivity contribution in [1.82, 2.24) is 5.32 Å². The van der Waals surface area contributed by atoms with Crippen LogP contribution in [0, 0.1) is 18.8 Å². The normalized spacial score (nSPS) is 22.1. The molecule has 0 heterocycles. The molecular formula is C13H19N3O. The van der Waals surface area contributed by atoms with Crippen LogP contribution in [0.5, 0.6) is 0 Å². The molecule has 4 heteroatoms. The van der Waals surface area contributed by atoms with Crippen LogP contribution in [0.15, 0.2) is 18.2 Å². The first-order valence-electron chi connectivity index (χ1n) is 5.97. The van der Waals surface area contributed by atoms with Crippen molar-refractivity contribution in [3.8, 4) is 0 Å². The zero-order valence-electron chi connectivity index (χ0n) is 10.3. The Morgan fingerprint density at radius 3 is 2.82 bits per heavy atom. The monoisotopic (exact) mass is 233 g/mol. The van der Waals surface area contributed by atoms with E-state index in [4.69, 9.17) is 5.84 Å². The standard InChI is InChI=1S/C13H19N3O/c1-8-3-4-12(16-14)11(5-8)13(17)15-7-10-6-9(10)2/h3-5,9-10,16H,6-7,14H2,1-2H3,(H,15,17). The van der Waals surface area contributed by atoms with E-state index in [0.29, 0.717) is 17.2 Å². The maximum atomic E-state index is 12.0. The molecule has 4 N–H and O–H groups in total. The highest BCUT2D eigenvalue weighted by atomic mass is 16.1. The fourth-order valence-electron chi connectivity index (χ4n) is 1.97. The summed E-state index contributed by atoms with van der Waals surface area (Å²) in [5, 5.41) is 2.96. The molecule has 1 saturated carbocycles. The Balaban J connectivity index is 2.04. The van der Waals surface area contributed by atoms with Gasteiger partial charge in [0.25, 0.3) is 5.91 Å². The van der Waals surface area contributed by atoms with E-state index in [1.165, 1.54) is 6.42 Å². The second kappa shape index (κ2) is 4.75. The highest BCUT2D eigenvalue weighted by Crippen LogP contribution is 2.36. The van der Waals surface area contributed by atoms with Crippen molar-refractivity contribution in [2.45, 2.75) is 20.3 Å². The second-order valence-electron chi connectivity index (χ2n) is 4.88. The Kier molecular flexibility index (Phi) is 3.33. The lowest BCUT2D eigenvalue weighted by Crippen LogP contribution is -2.27. The van der Waals surface area contributed by atoms with Gasteiger partial charge in [0.1, 0.15) is 0 Å². The predicted octanol–water partition coefficient (Wildman–Crippen LogP) is 1.67. The molecule has 1 aromatic carbocycles. The average Bonchev–Trinajstić information content (AvgIpc) is 3.02. The number of nitrogens with one attached hydrogen (secondary N) is 2. The van der Waals surface area contributed by atoms with Crippen LogP contribution in [0.4, 0.5) is 5.69 Å². The van der Waals surface area contributed by atoms with Gasteiger partial charge >= 0.3 is 0 Å². The van der Waals surface area contributed by atoms with Crippen LogP contribution in [0.25, 0.3) is 0 Å². The van der Waals surface area contributed by atoms with E-state index >= 15 is 0 Å². The van der Waals surface area contributed by atoms with Crippen LogP contribution >= 0.6 is 0 Å². The lowest BCUT2D eigenvalue weighted by Gasteiger charge is -2.10. The van der Waals surface area contributed by atoms with Crippen LogP contribution in [0.1, 0.15) is 29.3 Å². The first-order chi connectivity index (χ1) is 8.11. The van der Waals surface area contributed by atoms with Gasteiger partial charge in [0.15, 0.2) is 0 Å². The van der Waals surface area contributed by atoms with Gasteiger partial charge in [-0.15, -0.1) is 0 Å². The third-order valence-corrected chi connectivity index (χ3v) is 3.38. The zero-order chi connectivity index (χ0) is 12.4. The zero-order valence-corrected chi connectivity index (χ0v) is 10.3. The molecule has 0 bridgehead atoms. The molecule has 1 aliphatic rings. The lowest BCUT2D eigenvalue weighted by molar-refractivity contribution is 0.0952. The van der Waals surface area contributed by atoms with Gasteiger partial charge in [-0.2, -0.15) is 0 Å². The van der Waals surface area contributed by atoms with Crippen LogP contribution in [0.3, 0.4) is 0 Å². The van der Waals surface area contributed by atoms with Gasteiger partial charge in [-0.3, -0.25) is 10.6 Å². The Morgan fingerprint density at radius 1 is 1.53 bits per heavy atom. The molecule has 2 unspecified atom stereocenters. The smallest absolute Gasteiger partial charge is 0.253 e. The van der Waals surface area contributed by atoms with Crippen molar-refractivity contribution < 1.29 is 4.79 Å². The number of aryl methyl sites for hydroxylation is 1. The Labute approximate surface area is 102 Å². The summed E-state index contributed by atoms with van der Waals surface area (Å²) in [6.45, 7) is 4.92. The fourth-order valence-corrected chi connectivity index (χ4v) is 1.97. The molecule has 1 fully saturated rings. The Bertz CT molecular complexity index is 431. The summed E-state index contributed by atoms with van der Waals surface area (Å²) < 4.78 is 0. The highest BCUT2D eigenvalue weighted by molar-refractivity contribution is 5.99. The van der Waals surface area contributed by atoms with Gasteiger partial charge in [0.05, 0.1) is 11.3 Å². The van der Waals surface area contributed by atoms with Crippen LogP contribution in [-0.4, -0.2) is 12.5 Å². The number of carbonyl (C=O) groups is 1. The van der Waals surface area contributed by atoms with Crippen molar-refractivity contribution in [3.05, 3.63) is 29.3 Å². The molecule has 0 radical (unpaired) electrons. The van der Waals surface area contributed by atoms with Crippen molar-refractivity contribution in [1.29, 1.82) is 0 Å². The molecule has 0 spiro atoms. The van der Waals surface area contributed by atoms with Crippen LogP contribution in [-0.2, 0) is 0 Å². The maximum Gasteiger partial charge on any atom is 0.253 e. The number of amides is 1. The Morgan fingerprint density at radius 2 is 2.24 bits per heavy atom. The maximum absolute atomic E-state index is 12.0. The Hall–Kier alpha value is -1.55. The van der Waals surface area contributed by atoms with Crippen LogP contribution in [0.2, 0.25) is 0 Å². The number of rotatable bonds is 4. The number of anilines is 1. The van der Waals surface area contributed by atoms with Crippen molar-refractivity contribution in [3.63, 3.8) is 0 Å². The van der Waals surface area contributed by atoms with E-state index in [9.17, 15) is 4.79 Å². The molecule has 0 aliphatic heterocycles. The molecule has 17 heavy (non-hydrogen) atoms. The summed E-state index contributed by atoms with van der Waals surface area (Å²) in [5.74, 6) is 6.74. The highest BCUT2D eigenvalue weighted by Gasteiger charge is 2.32. The third kappa shape index (κ3) is 2.77. The minimum atomic E-state index is -0.0549. The topological polar surface area (TPSA) is 67.1 Å². The van der Waals surface area contributed by atoms with E-state index in [1.54, 1.807) is 0 Å². The molecule has 2 atom stereocenters. The number of hydrogen-bond acceptors (Lipinski definition) is 3. The largest absolute Gasteiger partial charge is 0.352 e. The number of benzene rings is 1. The van der Waals surface area contributed by atoms with E-state index in [0.717, 1.165) is 18.0 Å². The third-order valence-electron chi connectivity index (χ3n) is 3.38. The molecule has 92 valence electrons. The van der Waals surface area contributed by atoms with Gasteiger partial charge in [0.2, 0.25) is 0 Å². The van der Waals surface area contributed by atoms with Gasteiger partial charge in [0, 0.05) is 6.54 Å². The lowest BCUT2D eigenvalue weighted by atomic mass is 10.1. The van der Waals surface area contributed by atoms with E-state index in [-0.39, 0.29) is 5.91 Å². The van der Waals surface area contributed by atoms with Crippen molar-refractivity contribution >= 4 is 11.6 Å². The van der Waals surface area contributed by atoms with Gasteiger partial charge in [-0.05, 0) is 37.3 Å². The first kappa shape index (κ1) is 11.9. The fraction of sp³-hybridized carbons (Fsp3) is 0.462. The minimum Gasteiger partial charge on any atom is -0.352 e. The predicted molar refractivity (Wildman–Crippen MR) is 68.6 cm³/mol. The molecule has 0 aromatic heterocycles. The number of carbonyl (C=O) groups excluding carboxylic acids is 1. The molecule has 1 aromatic rings. The molecular weight excluding hydrogens is 214 g/mol. The molecule has 1 aliphatic carbocycles. The SMILES string of the molecule is Cc1ccc(NN)c(C(=O)NCC2CC2C)c1. The molecule has 2 rings (SSSR count). The number of nitrogens with two attached hydrogens (primary N) is 1. The van der Waals surface area contributed by atoms with Crippen molar-refractivity contribution in [2.75, 3.05) is 12.0 Å². The summed E-state index contributed by atoms with van der Waals surface area (Å²) in [4.78, 5) is 12.0. The quantitative estimate of drug-likeness (QED) is 0.547. The van der Waals surface area contributed by atoms with E-state index < -0.39 is 0 Å². The van der Waals surface area contributed by atoms with Crippen molar-refractivity contribution in [2.24, 2.45) is 17.7 Å². The number of hydrogen-bond donors (Lipinski definition) is 3. The summed E-state index contributed by atoms with van der Waals surface area (Å²) in [6.07, 6.45) is 1.22. The number of nitrogen functional groups attached to an aromatic ring is 1. The van der Waals surface area contributed by atoms with Crippen LogP contribution < -0.4 is 16.6 Å². The average molecular weight is 233 g/mol.